The first-order chi connectivity index (χ1) is 8.25. The molecule has 0 bridgehead atoms. The van der Waals surface area contributed by atoms with Crippen molar-refractivity contribution < 1.29 is 0 Å². The van der Waals surface area contributed by atoms with Gasteiger partial charge in [0.05, 0.1) is 0 Å². The first-order valence-corrected chi connectivity index (χ1v) is 7.47. The molecule has 3 rings (SSSR count). The van der Waals surface area contributed by atoms with Crippen LogP contribution in [-0.4, -0.2) is 18.3 Å². The van der Waals surface area contributed by atoms with Crippen molar-refractivity contribution in [1.82, 2.24) is 3.56 Å². The predicted octanol–water partition coefficient (Wildman–Crippen LogP) is 3.73. The van der Waals surface area contributed by atoms with Gasteiger partial charge >= 0.3 is 112 Å². The van der Waals surface area contributed by atoms with Gasteiger partial charge in [0.25, 0.3) is 0 Å². The van der Waals surface area contributed by atoms with Crippen LogP contribution >= 0.6 is 12.2 Å². The third-order valence-electron chi connectivity index (χ3n) is 2.73. The van der Waals surface area contributed by atoms with Gasteiger partial charge in [0, 0.05) is 0 Å². The van der Waals surface area contributed by atoms with E-state index in [9.17, 15) is 0 Å². The van der Waals surface area contributed by atoms with Crippen LogP contribution < -0.4 is 0 Å². The van der Waals surface area contributed by atoms with Crippen molar-refractivity contribution in [3.05, 3.63) is 58.7 Å². The summed E-state index contributed by atoms with van der Waals surface area (Å²) in [5, 5.41) is 1.23. The van der Waals surface area contributed by atoms with Crippen molar-refractivity contribution in [1.29, 1.82) is 0 Å². The van der Waals surface area contributed by atoms with Crippen LogP contribution in [0, 0.1) is 11.6 Å². The van der Waals surface area contributed by atoms with E-state index in [1.54, 1.807) is 0 Å². The fourth-order valence-electron chi connectivity index (χ4n) is 1.90. The number of benzene rings is 2. The second-order valence-corrected chi connectivity index (χ2v) is 6.48. The number of hydrogen-bond acceptors (Lipinski definition) is 1. The average Bonchev–Trinajstić information content (AvgIpc) is 2.68. The Labute approximate surface area is 111 Å². The molecule has 1 aromatic heterocycles. The number of aromatic nitrogens is 1. The molecule has 2 aromatic carbocycles. The molecule has 0 aliphatic rings. The van der Waals surface area contributed by atoms with E-state index in [0.29, 0.717) is 0 Å². The third-order valence-corrected chi connectivity index (χ3v) is 5.76. The SMILES string of the molecule is Cc1cccc(-n2[se]c3ccccc3c2=S)c1. The van der Waals surface area contributed by atoms with Gasteiger partial charge in [-0.05, 0) is 0 Å². The summed E-state index contributed by atoms with van der Waals surface area (Å²) in [6.07, 6.45) is 0. The van der Waals surface area contributed by atoms with Gasteiger partial charge < -0.3 is 0 Å². The van der Waals surface area contributed by atoms with Crippen LogP contribution in [-0.2, 0) is 0 Å². The molecule has 0 aliphatic carbocycles. The summed E-state index contributed by atoms with van der Waals surface area (Å²) in [6.45, 7) is 2.11. The van der Waals surface area contributed by atoms with Crippen molar-refractivity contribution in [2.75, 3.05) is 0 Å². The Morgan fingerprint density at radius 1 is 1.06 bits per heavy atom. The zero-order valence-corrected chi connectivity index (χ0v) is 11.9. The van der Waals surface area contributed by atoms with Crippen molar-refractivity contribution in [3.63, 3.8) is 0 Å². The maximum absolute atomic E-state index is 5.56. The molecule has 3 heteroatoms. The molecular weight excluding hydrogens is 293 g/mol. The van der Waals surface area contributed by atoms with Gasteiger partial charge in [0.1, 0.15) is 0 Å². The molecule has 0 saturated carbocycles. The molecule has 0 fully saturated rings. The van der Waals surface area contributed by atoms with Gasteiger partial charge in [0.2, 0.25) is 0 Å². The van der Waals surface area contributed by atoms with Gasteiger partial charge in [-0.15, -0.1) is 0 Å². The second kappa shape index (κ2) is 4.26. The molecule has 3 aromatic rings. The molecule has 17 heavy (non-hydrogen) atoms. The summed E-state index contributed by atoms with van der Waals surface area (Å²) in [5.41, 5.74) is 2.49. The van der Waals surface area contributed by atoms with Gasteiger partial charge in [-0.1, -0.05) is 0 Å². The Morgan fingerprint density at radius 3 is 2.65 bits per heavy atom. The number of fused-ring (bicyclic) bond motifs is 1. The first kappa shape index (κ1) is 11.0. The van der Waals surface area contributed by atoms with E-state index >= 15 is 0 Å². The summed E-state index contributed by atoms with van der Waals surface area (Å²) in [5.74, 6) is 0. The molecule has 0 N–H and O–H groups in total. The Hall–Kier alpha value is -1.15. The molecule has 0 radical (unpaired) electrons. The molecule has 0 amide bonds. The quantitative estimate of drug-likeness (QED) is 0.490. The monoisotopic (exact) mass is 305 g/mol. The first-order valence-electron chi connectivity index (χ1n) is 5.44. The topological polar surface area (TPSA) is 4.93 Å². The van der Waals surface area contributed by atoms with Gasteiger partial charge in [-0.3, -0.25) is 0 Å². The second-order valence-electron chi connectivity index (χ2n) is 4.03. The Morgan fingerprint density at radius 2 is 1.88 bits per heavy atom. The van der Waals surface area contributed by atoms with Gasteiger partial charge in [-0.2, -0.15) is 0 Å². The molecule has 0 saturated heterocycles. The summed E-state index contributed by atoms with van der Waals surface area (Å²) in [6, 6.07) is 17.0. The van der Waals surface area contributed by atoms with E-state index < -0.39 is 0 Å². The minimum absolute atomic E-state index is 0.279. The number of hydrogen-bond donors (Lipinski definition) is 0. The molecule has 1 nitrogen and oxygen atoms in total. The maximum atomic E-state index is 5.56. The third kappa shape index (κ3) is 1.91. The van der Waals surface area contributed by atoms with Crippen molar-refractivity contribution >= 4 is 36.6 Å². The number of nitrogens with zero attached hydrogens (tertiary/aromatic N) is 1. The normalized spacial score (nSPS) is 10.9. The molecule has 84 valence electrons. The summed E-state index contributed by atoms with van der Waals surface area (Å²) in [4.78, 5) is 0. The van der Waals surface area contributed by atoms with E-state index in [4.69, 9.17) is 12.2 Å². The van der Waals surface area contributed by atoms with E-state index in [1.807, 2.05) is 0 Å². The minimum atomic E-state index is 0.279. The van der Waals surface area contributed by atoms with Crippen LogP contribution in [0.1, 0.15) is 5.56 Å². The van der Waals surface area contributed by atoms with Gasteiger partial charge in [0.15, 0.2) is 0 Å². The summed E-state index contributed by atoms with van der Waals surface area (Å²) >= 11 is 5.84. The molecule has 0 spiro atoms. The molecule has 1 heterocycles. The molecule has 0 atom stereocenters. The molecule has 0 aliphatic heterocycles. The van der Waals surface area contributed by atoms with Crippen LogP contribution in [0.4, 0.5) is 0 Å². The Kier molecular flexibility index (Phi) is 2.75. The fraction of sp³-hybridized carbons (Fsp3) is 0.0714. The van der Waals surface area contributed by atoms with E-state index in [2.05, 4.69) is 59.0 Å². The number of rotatable bonds is 1. The molecular formula is C14H11NSSe. The van der Waals surface area contributed by atoms with Gasteiger partial charge in [-0.25, -0.2) is 0 Å². The van der Waals surface area contributed by atoms with Crippen LogP contribution in [0.5, 0.6) is 0 Å². The standard InChI is InChI=1S/C14H11NSSe/c1-10-5-4-6-11(9-10)15-14(16)12-7-2-3-8-13(12)17-15/h2-9H,1H3. The fourth-order valence-corrected chi connectivity index (χ4v) is 4.62. The number of aryl methyl sites for hydroxylation is 1. The van der Waals surface area contributed by atoms with Crippen LogP contribution in [0.25, 0.3) is 15.3 Å². The zero-order valence-electron chi connectivity index (χ0n) is 9.38. The van der Waals surface area contributed by atoms with E-state index in [0.717, 1.165) is 4.64 Å². The van der Waals surface area contributed by atoms with Crippen molar-refractivity contribution in [2.24, 2.45) is 0 Å². The van der Waals surface area contributed by atoms with E-state index in [-0.39, 0.29) is 14.7 Å². The van der Waals surface area contributed by atoms with Crippen LogP contribution in [0.2, 0.25) is 0 Å². The molecule has 0 unspecified atom stereocenters. The average molecular weight is 304 g/mol. The van der Waals surface area contributed by atoms with Crippen LogP contribution in [0.15, 0.2) is 48.5 Å². The van der Waals surface area contributed by atoms with E-state index in [1.165, 1.54) is 20.9 Å². The zero-order chi connectivity index (χ0) is 11.8. The Bertz CT molecular complexity index is 739. The predicted molar refractivity (Wildman–Crippen MR) is 75.8 cm³/mol. The van der Waals surface area contributed by atoms with Crippen molar-refractivity contribution in [2.45, 2.75) is 6.92 Å². The van der Waals surface area contributed by atoms with Crippen LogP contribution in [0.3, 0.4) is 0 Å². The summed E-state index contributed by atoms with van der Waals surface area (Å²) < 4.78 is 4.61. The summed E-state index contributed by atoms with van der Waals surface area (Å²) in [7, 11) is 0. The van der Waals surface area contributed by atoms with Crippen molar-refractivity contribution in [3.8, 4) is 5.69 Å². The Balaban J connectivity index is 2.31.